The molecule has 1 N–H and O–H groups in total. The smallest absolute Gasteiger partial charge is 0.124 e. The fraction of sp³-hybridized carbons (Fsp3) is 0.136. The topological polar surface area (TPSA) is 63.8 Å². The van der Waals surface area contributed by atoms with Gasteiger partial charge < -0.3 is 9.67 Å². The zero-order chi connectivity index (χ0) is 44.2. The monoisotopic (exact) mass is 1020 g/mol. The van der Waals surface area contributed by atoms with Gasteiger partial charge in [-0.05, 0) is 104 Å². The third-order valence-corrected chi connectivity index (χ3v) is 12.2. The summed E-state index contributed by atoms with van der Waals surface area (Å²) < 4.78 is 2.39. The average molecular weight is 1030 g/mol. The molecule has 10 rings (SSSR count). The molecule has 0 fully saturated rings. The van der Waals surface area contributed by atoms with E-state index in [1.165, 1.54) is 21.9 Å². The Labute approximate surface area is 395 Å². The molecule has 0 aliphatic heterocycles. The number of pyridine rings is 3. The molecule has 0 aliphatic carbocycles. The zero-order valence-corrected chi connectivity index (χ0v) is 39.6. The van der Waals surface area contributed by atoms with Crippen molar-refractivity contribution in [1.82, 2.24) is 19.5 Å². The van der Waals surface area contributed by atoms with E-state index < -0.39 is 0 Å². The molecular weight excluding hydrogens is 976 g/mol. The number of aromatic hydroxyl groups is 1. The van der Waals surface area contributed by atoms with Gasteiger partial charge in [0, 0.05) is 78.6 Å². The summed E-state index contributed by atoms with van der Waals surface area (Å²) in [4.78, 5) is 14.4. The van der Waals surface area contributed by atoms with Gasteiger partial charge in [0.25, 0.3) is 0 Å². The van der Waals surface area contributed by atoms with E-state index in [1.54, 1.807) is 6.07 Å². The molecule has 0 saturated heterocycles. The van der Waals surface area contributed by atoms with Gasteiger partial charge in [0.05, 0.1) is 16.7 Å². The van der Waals surface area contributed by atoms with Crippen molar-refractivity contribution in [2.45, 2.75) is 52.4 Å². The van der Waals surface area contributed by atoms with Crippen LogP contribution in [-0.4, -0.2) is 24.6 Å². The van der Waals surface area contributed by atoms with Crippen LogP contribution in [0.15, 0.2) is 182 Å². The second kappa shape index (κ2) is 17.2. The number of para-hydroxylation sites is 3. The molecule has 322 valence electrons. The molecular formula is C59H49N4OPt-. The molecule has 0 amide bonds. The van der Waals surface area contributed by atoms with E-state index in [1.807, 2.05) is 36.8 Å². The quantitative estimate of drug-likeness (QED) is 0.162. The Morgan fingerprint density at radius 3 is 1.83 bits per heavy atom. The van der Waals surface area contributed by atoms with Crippen LogP contribution in [0.1, 0.15) is 52.7 Å². The van der Waals surface area contributed by atoms with Crippen LogP contribution in [0.5, 0.6) is 5.75 Å². The number of rotatable bonds is 7. The Bertz CT molecular complexity index is 3340. The average Bonchev–Trinajstić information content (AvgIpc) is 3.66. The fourth-order valence-electron chi connectivity index (χ4n) is 8.73. The minimum atomic E-state index is -0.0519. The maximum absolute atomic E-state index is 11.1. The van der Waals surface area contributed by atoms with Crippen molar-refractivity contribution < 1.29 is 26.2 Å². The number of nitrogens with zero attached hydrogens (tertiary/aromatic N) is 4. The molecule has 65 heavy (non-hydrogen) atoms. The van der Waals surface area contributed by atoms with Gasteiger partial charge in [-0.2, -0.15) is 0 Å². The van der Waals surface area contributed by atoms with Crippen LogP contribution in [0.2, 0.25) is 0 Å². The maximum atomic E-state index is 11.1. The summed E-state index contributed by atoms with van der Waals surface area (Å²) in [5.41, 5.74) is 17.0. The minimum absolute atomic E-state index is 0. The molecule has 4 aromatic heterocycles. The van der Waals surface area contributed by atoms with E-state index in [2.05, 4.69) is 197 Å². The second-order valence-electron chi connectivity index (χ2n) is 18.7. The predicted molar refractivity (Wildman–Crippen MR) is 265 cm³/mol. The first-order valence-electron chi connectivity index (χ1n) is 21.9. The molecule has 0 aliphatic rings. The first-order chi connectivity index (χ1) is 30.9. The number of benzene rings is 6. The summed E-state index contributed by atoms with van der Waals surface area (Å²) >= 11 is 0. The van der Waals surface area contributed by atoms with Crippen molar-refractivity contribution >= 4 is 21.8 Å². The predicted octanol–water partition coefficient (Wildman–Crippen LogP) is 15.1. The van der Waals surface area contributed by atoms with Gasteiger partial charge in [-0.3, -0.25) is 15.0 Å². The van der Waals surface area contributed by atoms with Gasteiger partial charge in [0.15, 0.2) is 0 Å². The van der Waals surface area contributed by atoms with Crippen molar-refractivity contribution in [3.63, 3.8) is 0 Å². The van der Waals surface area contributed by atoms with Crippen LogP contribution in [-0.2, 0) is 31.9 Å². The number of aromatic nitrogens is 4. The Hall–Kier alpha value is -6.94. The molecule has 6 aromatic carbocycles. The van der Waals surface area contributed by atoms with E-state index in [0.29, 0.717) is 11.3 Å². The third-order valence-electron chi connectivity index (χ3n) is 12.2. The summed E-state index contributed by atoms with van der Waals surface area (Å²) in [5, 5.41) is 13.5. The van der Waals surface area contributed by atoms with E-state index in [4.69, 9.17) is 9.97 Å². The van der Waals surface area contributed by atoms with E-state index in [0.717, 1.165) is 72.6 Å². The standard InChI is InChI=1S/C59H49N4O.Pt/c1-58(2,3)45-31-43(32-46(37-45)59(4,5)6)44-35-53(62-54(36-44)51-19-8-10-23-56(51)64)42-16-11-15-41(30-42)52-34-40(26-29-61-52)48-20-13-21-50-49-18-7-9-22-55(49)63(57(48)50)47-17-12-14-39(33-47)38-24-27-60-28-25-38;/h7-29,31-37,64H,1-6H3;/q-1;. The van der Waals surface area contributed by atoms with Crippen molar-refractivity contribution in [1.29, 1.82) is 0 Å². The fourth-order valence-corrected chi connectivity index (χ4v) is 8.73. The number of phenols is 1. The SMILES string of the molecule is CC(C)(C)c1cc(-c2cc(-c3[c-]c(-c4cc(-c5cccc6c7ccccc7n(-c7cccc(-c8ccncc8)c7)c56)ccn4)ccc3)nc(-c3ccccc3O)c2)cc(C(C)(C)C)c1.[Pt]. The van der Waals surface area contributed by atoms with Gasteiger partial charge in [-0.25, -0.2) is 0 Å². The zero-order valence-electron chi connectivity index (χ0n) is 37.4. The molecule has 0 radical (unpaired) electrons. The Morgan fingerprint density at radius 1 is 0.477 bits per heavy atom. The number of fused-ring (bicyclic) bond motifs is 3. The third kappa shape index (κ3) is 8.45. The minimum Gasteiger partial charge on any atom is -0.507 e. The molecule has 10 aromatic rings. The van der Waals surface area contributed by atoms with Gasteiger partial charge in [0.2, 0.25) is 0 Å². The molecule has 0 atom stereocenters. The van der Waals surface area contributed by atoms with Crippen LogP contribution < -0.4 is 0 Å². The van der Waals surface area contributed by atoms with Crippen molar-refractivity contribution in [3.8, 4) is 78.6 Å². The summed E-state index contributed by atoms with van der Waals surface area (Å²) in [5.74, 6) is 0.186. The van der Waals surface area contributed by atoms with Gasteiger partial charge in [-0.15, -0.1) is 24.3 Å². The summed E-state index contributed by atoms with van der Waals surface area (Å²) in [7, 11) is 0. The first kappa shape index (κ1) is 43.3. The van der Waals surface area contributed by atoms with Crippen LogP contribution >= 0.6 is 0 Å². The second-order valence-corrected chi connectivity index (χ2v) is 18.7. The van der Waals surface area contributed by atoms with Crippen molar-refractivity contribution in [2.75, 3.05) is 0 Å². The number of hydrogen-bond acceptors (Lipinski definition) is 4. The molecule has 0 unspecified atom stereocenters. The Balaban J connectivity index is 0.00000533. The van der Waals surface area contributed by atoms with Crippen LogP contribution in [0.3, 0.4) is 0 Å². The molecule has 5 nitrogen and oxygen atoms in total. The summed E-state index contributed by atoms with van der Waals surface area (Å²) in [6.45, 7) is 13.6. The summed E-state index contributed by atoms with van der Waals surface area (Å²) in [6, 6.07) is 60.8. The normalized spacial score (nSPS) is 11.8. The van der Waals surface area contributed by atoms with Crippen LogP contribution in [0.4, 0.5) is 0 Å². The van der Waals surface area contributed by atoms with Crippen molar-refractivity contribution in [2.24, 2.45) is 0 Å². The maximum Gasteiger partial charge on any atom is 0.124 e. The first-order valence-corrected chi connectivity index (χ1v) is 21.9. The van der Waals surface area contributed by atoms with E-state index >= 15 is 0 Å². The molecule has 0 bridgehead atoms. The van der Waals surface area contributed by atoms with Gasteiger partial charge in [0.1, 0.15) is 5.75 Å². The molecule has 6 heteroatoms. The van der Waals surface area contributed by atoms with Crippen molar-refractivity contribution in [3.05, 3.63) is 200 Å². The van der Waals surface area contributed by atoms with Crippen LogP contribution in [0, 0.1) is 6.07 Å². The van der Waals surface area contributed by atoms with Gasteiger partial charge >= 0.3 is 0 Å². The Kier molecular flexibility index (Phi) is 11.5. The number of phenolic OH excluding ortho intramolecular Hbond substituents is 1. The molecule has 4 heterocycles. The largest absolute Gasteiger partial charge is 0.507 e. The van der Waals surface area contributed by atoms with E-state index in [-0.39, 0.29) is 37.6 Å². The Morgan fingerprint density at radius 2 is 1.08 bits per heavy atom. The number of hydrogen-bond donors (Lipinski definition) is 1. The molecule has 0 saturated carbocycles. The van der Waals surface area contributed by atoms with Crippen LogP contribution in [0.25, 0.3) is 94.6 Å². The van der Waals surface area contributed by atoms with E-state index in [9.17, 15) is 5.11 Å². The summed E-state index contributed by atoms with van der Waals surface area (Å²) in [6.07, 6.45) is 5.57. The molecule has 0 spiro atoms. The van der Waals surface area contributed by atoms with Gasteiger partial charge in [-0.1, -0.05) is 144 Å².